The minimum absolute atomic E-state index is 0.309. The molecule has 6 heteroatoms. The van der Waals surface area contributed by atoms with E-state index in [0.29, 0.717) is 5.69 Å². The van der Waals surface area contributed by atoms with Crippen LogP contribution in [-0.4, -0.2) is 14.3 Å². The fraction of sp³-hybridized carbons (Fsp3) is 0.0909. The van der Waals surface area contributed by atoms with Gasteiger partial charge in [0, 0.05) is 7.05 Å². The smallest absolute Gasteiger partial charge is 0.266 e. The number of rotatable bonds is 1. The summed E-state index contributed by atoms with van der Waals surface area (Å²) >= 11 is 0. The molecule has 0 saturated carbocycles. The van der Waals surface area contributed by atoms with Gasteiger partial charge in [-0.05, 0) is 12.1 Å². The second-order valence-electron chi connectivity index (χ2n) is 3.35. The Hall–Kier alpha value is -2.68. The van der Waals surface area contributed by atoms with Crippen LogP contribution >= 0.6 is 0 Å². The first-order valence-corrected chi connectivity index (χ1v) is 4.81. The van der Waals surface area contributed by atoms with E-state index in [0.717, 1.165) is 9.25 Å². The summed E-state index contributed by atoms with van der Waals surface area (Å²) in [6.07, 6.45) is 0. The zero-order chi connectivity index (χ0) is 12.4. The van der Waals surface area contributed by atoms with Crippen LogP contribution in [0.15, 0.2) is 39.9 Å². The molecule has 1 heterocycles. The predicted octanol–water partition coefficient (Wildman–Crippen LogP) is -0.197. The molecule has 1 aromatic carbocycles. The maximum absolute atomic E-state index is 11.8. The molecule has 0 aliphatic carbocycles. The maximum Gasteiger partial charge on any atom is 0.352 e. The molecule has 0 fully saturated rings. The highest BCUT2D eigenvalue weighted by atomic mass is 16.2. The van der Waals surface area contributed by atoms with Gasteiger partial charge in [-0.15, -0.1) is 5.10 Å². The van der Waals surface area contributed by atoms with Crippen molar-refractivity contribution in [3.8, 4) is 11.8 Å². The lowest BCUT2D eigenvalue weighted by Gasteiger charge is -2.05. The minimum Gasteiger partial charge on any atom is -0.266 e. The average Bonchev–Trinajstić information content (AvgIpc) is 2.37. The van der Waals surface area contributed by atoms with Gasteiger partial charge in [-0.1, -0.05) is 18.2 Å². The predicted molar refractivity (Wildman–Crippen MR) is 59.8 cm³/mol. The lowest BCUT2D eigenvalue weighted by atomic mass is 10.3. The zero-order valence-corrected chi connectivity index (χ0v) is 8.99. The molecule has 0 saturated heterocycles. The number of hydrogen-bond acceptors (Lipinski definition) is 4. The Labute approximate surface area is 96.0 Å². The number of aromatic nitrogens is 3. The number of benzene rings is 1. The molecule has 0 amide bonds. The third kappa shape index (κ3) is 1.74. The average molecular weight is 228 g/mol. The Kier molecular flexibility index (Phi) is 2.58. The normalized spacial score (nSPS) is 9.88. The van der Waals surface area contributed by atoms with Gasteiger partial charge in [0.15, 0.2) is 0 Å². The minimum atomic E-state index is -0.690. The highest BCUT2D eigenvalue weighted by Crippen LogP contribution is 2.00. The molecule has 6 nitrogen and oxygen atoms in total. The number of nitriles is 1. The molecule has 84 valence electrons. The summed E-state index contributed by atoms with van der Waals surface area (Å²) in [5, 5.41) is 12.5. The second kappa shape index (κ2) is 4.06. The van der Waals surface area contributed by atoms with Crippen molar-refractivity contribution in [1.29, 1.82) is 5.26 Å². The monoisotopic (exact) mass is 228 g/mol. The van der Waals surface area contributed by atoms with E-state index in [9.17, 15) is 9.59 Å². The Balaban J connectivity index is 2.82. The number of nitrogens with zero attached hydrogens (tertiary/aromatic N) is 4. The van der Waals surface area contributed by atoms with Crippen LogP contribution in [0.25, 0.3) is 5.69 Å². The SMILES string of the molecule is Cn1c(=O)c(C#N)nn(-c2ccccc2)c1=O. The molecule has 0 unspecified atom stereocenters. The molecule has 1 aromatic heterocycles. The Morgan fingerprint density at radius 2 is 1.88 bits per heavy atom. The summed E-state index contributed by atoms with van der Waals surface area (Å²) in [5.41, 5.74) is -1.08. The molecule has 2 aromatic rings. The van der Waals surface area contributed by atoms with Crippen molar-refractivity contribution in [2.45, 2.75) is 0 Å². The van der Waals surface area contributed by atoms with E-state index in [-0.39, 0.29) is 5.69 Å². The first-order valence-electron chi connectivity index (χ1n) is 4.81. The van der Waals surface area contributed by atoms with Crippen LogP contribution in [0.4, 0.5) is 0 Å². The van der Waals surface area contributed by atoms with Crippen LogP contribution in [0.3, 0.4) is 0 Å². The van der Waals surface area contributed by atoms with Crippen molar-refractivity contribution in [2.24, 2.45) is 7.05 Å². The van der Waals surface area contributed by atoms with E-state index in [4.69, 9.17) is 5.26 Å². The van der Waals surface area contributed by atoms with Crippen molar-refractivity contribution in [2.75, 3.05) is 0 Å². The van der Waals surface area contributed by atoms with Crippen LogP contribution < -0.4 is 11.2 Å². The highest BCUT2D eigenvalue weighted by Gasteiger charge is 2.10. The molecule has 0 aliphatic rings. The van der Waals surface area contributed by atoms with Crippen molar-refractivity contribution in [1.82, 2.24) is 14.3 Å². The Morgan fingerprint density at radius 3 is 2.47 bits per heavy atom. The molecule has 0 bridgehead atoms. The number of hydrogen-bond donors (Lipinski definition) is 0. The fourth-order valence-electron chi connectivity index (χ4n) is 1.38. The lowest BCUT2D eigenvalue weighted by Crippen LogP contribution is -2.40. The molecular weight excluding hydrogens is 220 g/mol. The van der Waals surface area contributed by atoms with Crippen LogP contribution in [0.1, 0.15) is 5.69 Å². The first-order chi connectivity index (χ1) is 8.15. The van der Waals surface area contributed by atoms with Gasteiger partial charge in [-0.2, -0.15) is 9.94 Å². The summed E-state index contributed by atoms with van der Waals surface area (Å²) in [6.45, 7) is 0. The molecule has 17 heavy (non-hydrogen) atoms. The van der Waals surface area contributed by atoms with E-state index in [1.807, 2.05) is 0 Å². The topological polar surface area (TPSA) is 80.7 Å². The molecule has 0 radical (unpaired) electrons. The van der Waals surface area contributed by atoms with Crippen LogP contribution in [0.5, 0.6) is 0 Å². The van der Waals surface area contributed by atoms with Gasteiger partial charge < -0.3 is 0 Å². The maximum atomic E-state index is 11.8. The second-order valence-corrected chi connectivity index (χ2v) is 3.35. The van der Waals surface area contributed by atoms with E-state index in [1.54, 1.807) is 36.4 Å². The standard InChI is InChI=1S/C11H8N4O2/c1-14-10(16)9(7-12)13-15(11(14)17)8-5-3-2-4-6-8/h2-6H,1H3. The van der Waals surface area contributed by atoms with Crippen molar-refractivity contribution >= 4 is 0 Å². The lowest BCUT2D eigenvalue weighted by molar-refractivity contribution is 0.648. The fourth-order valence-corrected chi connectivity index (χ4v) is 1.38. The van der Waals surface area contributed by atoms with Crippen LogP contribution in [-0.2, 0) is 7.05 Å². The Morgan fingerprint density at radius 1 is 1.24 bits per heavy atom. The summed E-state index contributed by atoms with van der Waals surface area (Å²) < 4.78 is 1.89. The summed E-state index contributed by atoms with van der Waals surface area (Å²) in [5.74, 6) is 0. The van der Waals surface area contributed by atoms with Crippen molar-refractivity contribution in [3.63, 3.8) is 0 Å². The molecule has 0 N–H and O–H groups in total. The van der Waals surface area contributed by atoms with Gasteiger partial charge in [-0.25, -0.2) is 4.79 Å². The summed E-state index contributed by atoms with van der Waals surface area (Å²) in [7, 11) is 1.31. The Bertz CT molecular complexity index is 707. The molecule has 0 atom stereocenters. The largest absolute Gasteiger partial charge is 0.352 e. The van der Waals surface area contributed by atoms with Gasteiger partial charge in [0.25, 0.3) is 5.56 Å². The highest BCUT2D eigenvalue weighted by molar-refractivity contribution is 5.30. The van der Waals surface area contributed by atoms with E-state index >= 15 is 0 Å². The van der Waals surface area contributed by atoms with Gasteiger partial charge in [0.2, 0.25) is 5.69 Å². The molecule has 0 aliphatic heterocycles. The van der Waals surface area contributed by atoms with Gasteiger partial charge >= 0.3 is 5.69 Å². The van der Waals surface area contributed by atoms with Crippen LogP contribution in [0.2, 0.25) is 0 Å². The first kappa shape index (κ1) is 10.8. The van der Waals surface area contributed by atoms with Gasteiger partial charge in [0.1, 0.15) is 6.07 Å². The molecule has 0 spiro atoms. The van der Waals surface area contributed by atoms with E-state index in [2.05, 4.69) is 5.10 Å². The quantitative estimate of drug-likeness (QED) is 0.677. The molecule has 2 rings (SSSR count). The van der Waals surface area contributed by atoms with Crippen molar-refractivity contribution < 1.29 is 0 Å². The number of para-hydroxylation sites is 1. The van der Waals surface area contributed by atoms with E-state index < -0.39 is 11.2 Å². The molecular formula is C11H8N4O2. The summed E-state index contributed by atoms with van der Waals surface area (Å²) in [4.78, 5) is 23.3. The van der Waals surface area contributed by atoms with Crippen LogP contribution in [0, 0.1) is 11.3 Å². The summed E-state index contributed by atoms with van der Waals surface area (Å²) in [6, 6.07) is 10.3. The van der Waals surface area contributed by atoms with Crippen molar-refractivity contribution in [3.05, 3.63) is 56.9 Å². The third-order valence-corrected chi connectivity index (χ3v) is 2.28. The zero-order valence-electron chi connectivity index (χ0n) is 8.99. The third-order valence-electron chi connectivity index (χ3n) is 2.28. The van der Waals surface area contributed by atoms with Gasteiger partial charge in [0.05, 0.1) is 5.69 Å². The van der Waals surface area contributed by atoms with Gasteiger partial charge in [-0.3, -0.25) is 9.36 Å². The van der Waals surface area contributed by atoms with E-state index in [1.165, 1.54) is 7.05 Å².